The smallest absolute Gasteiger partial charge is 0.420 e. The predicted octanol–water partition coefficient (Wildman–Crippen LogP) is 3.25. The zero-order valence-electron chi connectivity index (χ0n) is 17.2. The van der Waals surface area contributed by atoms with Crippen molar-refractivity contribution < 1.29 is 17.9 Å². The number of H-pyrrole nitrogens is 1. The van der Waals surface area contributed by atoms with Gasteiger partial charge in [0, 0.05) is 18.8 Å². The van der Waals surface area contributed by atoms with Crippen LogP contribution in [-0.2, 0) is 6.18 Å². The molecular weight excluding hydrogens is 425 g/mol. The van der Waals surface area contributed by atoms with Crippen molar-refractivity contribution in [1.82, 2.24) is 35.1 Å². The Bertz CT molecular complexity index is 1260. The Morgan fingerprint density at radius 1 is 1.28 bits per heavy atom. The van der Waals surface area contributed by atoms with Crippen LogP contribution in [0.4, 0.5) is 19.1 Å². The Balaban J connectivity index is 1.63. The van der Waals surface area contributed by atoms with E-state index in [4.69, 9.17) is 4.74 Å². The summed E-state index contributed by atoms with van der Waals surface area (Å²) in [6.45, 7) is 3.97. The molecule has 1 aliphatic rings. The molecule has 1 fully saturated rings. The van der Waals surface area contributed by atoms with E-state index in [2.05, 4.69) is 35.9 Å². The molecule has 1 aliphatic heterocycles. The van der Waals surface area contributed by atoms with E-state index in [0.717, 1.165) is 25.6 Å². The van der Waals surface area contributed by atoms with Crippen LogP contribution in [0.25, 0.3) is 27.9 Å². The van der Waals surface area contributed by atoms with Gasteiger partial charge in [0.05, 0.1) is 23.7 Å². The second-order valence-corrected chi connectivity index (χ2v) is 7.56. The lowest BCUT2D eigenvalue weighted by atomic mass is 10.1. The van der Waals surface area contributed by atoms with Crippen LogP contribution in [0.3, 0.4) is 0 Å². The Labute approximate surface area is 180 Å². The van der Waals surface area contributed by atoms with Gasteiger partial charge in [-0.15, -0.1) is 5.10 Å². The minimum Gasteiger partial charge on any atom is -0.492 e. The summed E-state index contributed by atoms with van der Waals surface area (Å²) >= 11 is 0. The van der Waals surface area contributed by atoms with Gasteiger partial charge in [-0.25, -0.2) is 14.5 Å². The van der Waals surface area contributed by atoms with E-state index in [1.54, 1.807) is 22.8 Å². The van der Waals surface area contributed by atoms with Crippen molar-refractivity contribution in [2.24, 2.45) is 0 Å². The number of rotatable bonds is 5. The van der Waals surface area contributed by atoms with Crippen molar-refractivity contribution in [3.05, 3.63) is 30.1 Å². The van der Waals surface area contributed by atoms with Crippen LogP contribution in [0.2, 0.25) is 0 Å². The van der Waals surface area contributed by atoms with E-state index in [9.17, 15) is 13.2 Å². The highest BCUT2D eigenvalue weighted by molar-refractivity contribution is 6.02. The number of nitrogens with one attached hydrogen (secondary N) is 3. The summed E-state index contributed by atoms with van der Waals surface area (Å²) in [6.07, 6.45) is -0.312. The maximum absolute atomic E-state index is 13.8. The zero-order chi connectivity index (χ0) is 22.3. The van der Waals surface area contributed by atoms with Crippen LogP contribution in [0.15, 0.2) is 24.5 Å². The van der Waals surface area contributed by atoms with Crippen molar-refractivity contribution in [2.45, 2.75) is 32.0 Å². The van der Waals surface area contributed by atoms with Crippen molar-refractivity contribution in [2.75, 3.05) is 25.0 Å². The number of nitrogens with zero attached hydrogens (tertiary/aromatic N) is 5. The van der Waals surface area contributed by atoms with Crippen LogP contribution < -0.4 is 15.4 Å². The molecule has 0 aliphatic carbocycles. The number of piperidine rings is 1. The molecule has 0 spiro atoms. The number of alkyl halides is 3. The molecule has 0 amide bonds. The van der Waals surface area contributed by atoms with Gasteiger partial charge in [0.1, 0.15) is 22.7 Å². The summed E-state index contributed by atoms with van der Waals surface area (Å²) in [5, 5.41) is 18.1. The number of hydrogen-bond donors (Lipinski definition) is 3. The average Bonchev–Trinajstić information content (AvgIpc) is 3.33. The lowest BCUT2D eigenvalue weighted by Gasteiger charge is -2.24. The van der Waals surface area contributed by atoms with Crippen LogP contribution in [0.1, 0.15) is 25.3 Å². The monoisotopic (exact) mass is 446 g/mol. The molecule has 4 aromatic heterocycles. The summed E-state index contributed by atoms with van der Waals surface area (Å²) in [5.74, 6) is 0.734. The second kappa shape index (κ2) is 7.93. The Morgan fingerprint density at radius 3 is 2.91 bits per heavy atom. The first-order valence-electron chi connectivity index (χ1n) is 10.3. The number of ether oxygens (including phenoxy) is 1. The molecule has 4 aromatic rings. The molecule has 0 saturated carbocycles. The van der Waals surface area contributed by atoms with Crippen LogP contribution in [0.5, 0.6) is 5.75 Å². The summed E-state index contributed by atoms with van der Waals surface area (Å²) in [5.41, 5.74) is -0.243. The molecule has 3 N–H and O–H groups in total. The fraction of sp³-hybridized carbons (Fsp3) is 0.400. The fourth-order valence-electron chi connectivity index (χ4n) is 3.93. The minimum absolute atomic E-state index is 0.0431. The third-order valence-electron chi connectivity index (χ3n) is 5.37. The molecule has 0 unspecified atom stereocenters. The number of pyridine rings is 1. The van der Waals surface area contributed by atoms with E-state index in [1.807, 2.05) is 6.92 Å². The zero-order valence-corrected chi connectivity index (χ0v) is 17.2. The van der Waals surface area contributed by atoms with E-state index in [0.29, 0.717) is 35.5 Å². The first-order chi connectivity index (χ1) is 15.4. The summed E-state index contributed by atoms with van der Waals surface area (Å²) in [4.78, 5) is 8.17. The van der Waals surface area contributed by atoms with Gasteiger partial charge in [-0.05, 0) is 38.4 Å². The van der Waals surface area contributed by atoms with Gasteiger partial charge in [-0.1, -0.05) is 0 Å². The molecule has 168 valence electrons. The summed E-state index contributed by atoms with van der Waals surface area (Å²) in [7, 11) is 0. The highest BCUT2D eigenvalue weighted by Gasteiger charge is 2.37. The van der Waals surface area contributed by atoms with E-state index in [-0.39, 0.29) is 23.4 Å². The van der Waals surface area contributed by atoms with E-state index in [1.165, 1.54) is 0 Å². The molecule has 12 heteroatoms. The molecule has 1 saturated heterocycles. The van der Waals surface area contributed by atoms with Crippen LogP contribution in [-0.4, -0.2) is 55.5 Å². The Kier molecular flexibility index (Phi) is 5.08. The molecule has 5 heterocycles. The first-order valence-corrected chi connectivity index (χ1v) is 10.3. The lowest BCUT2D eigenvalue weighted by molar-refractivity contribution is -0.137. The molecule has 9 nitrogen and oxygen atoms in total. The maximum atomic E-state index is 13.8. The average molecular weight is 446 g/mol. The van der Waals surface area contributed by atoms with Gasteiger partial charge in [0.2, 0.25) is 5.95 Å². The normalized spacial score (nSPS) is 17.2. The third-order valence-corrected chi connectivity index (χ3v) is 5.37. The second-order valence-electron chi connectivity index (χ2n) is 7.56. The highest BCUT2D eigenvalue weighted by Crippen LogP contribution is 2.38. The fourth-order valence-corrected chi connectivity index (χ4v) is 3.93. The Morgan fingerprint density at radius 2 is 2.16 bits per heavy atom. The van der Waals surface area contributed by atoms with Crippen molar-refractivity contribution in [3.63, 3.8) is 0 Å². The largest absolute Gasteiger partial charge is 0.492 e. The van der Waals surface area contributed by atoms with Crippen LogP contribution >= 0.6 is 0 Å². The third kappa shape index (κ3) is 3.70. The number of halogens is 3. The summed E-state index contributed by atoms with van der Waals surface area (Å²) in [6, 6.07) is 3.52. The molecule has 1 atom stereocenters. The lowest BCUT2D eigenvalue weighted by Crippen LogP contribution is -2.38. The van der Waals surface area contributed by atoms with Crippen molar-refractivity contribution in [3.8, 4) is 17.1 Å². The van der Waals surface area contributed by atoms with Crippen molar-refractivity contribution in [1.29, 1.82) is 0 Å². The van der Waals surface area contributed by atoms with Gasteiger partial charge >= 0.3 is 6.18 Å². The quantitative estimate of drug-likeness (QED) is 0.432. The van der Waals surface area contributed by atoms with Gasteiger partial charge in [0.15, 0.2) is 5.65 Å². The maximum Gasteiger partial charge on any atom is 0.420 e. The highest BCUT2D eigenvalue weighted by atomic mass is 19.4. The number of fused-ring (bicyclic) bond motifs is 3. The van der Waals surface area contributed by atoms with Crippen LogP contribution in [0, 0.1) is 0 Å². The topological polar surface area (TPSA) is 105 Å². The molecular formula is C20H21F3N8O. The number of aromatic amines is 1. The van der Waals surface area contributed by atoms with Gasteiger partial charge < -0.3 is 15.4 Å². The number of hydrogen-bond acceptors (Lipinski definition) is 7. The Hall–Kier alpha value is -3.41. The number of aromatic nitrogens is 6. The predicted molar refractivity (Wildman–Crippen MR) is 112 cm³/mol. The summed E-state index contributed by atoms with van der Waals surface area (Å²) < 4.78 is 48.5. The van der Waals surface area contributed by atoms with Gasteiger partial charge in [0.25, 0.3) is 0 Å². The molecule has 0 bridgehead atoms. The molecule has 32 heavy (non-hydrogen) atoms. The SMILES string of the molecule is CCOc1ccc2c3c(-c4nc(N[C@H]5CCCNC5)ncc4C(F)(F)F)n[nH]c3nn2c1. The van der Waals surface area contributed by atoms with E-state index < -0.39 is 11.7 Å². The molecule has 0 radical (unpaired) electrons. The minimum atomic E-state index is -4.64. The number of anilines is 1. The molecule has 0 aromatic carbocycles. The van der Waals surface area contributed by atoms with E-state index >= 15 is 0 Å². The van der Waals surface area contributed by atoms with Gasteiger partial charge in [-0.2, -0.15) is 18.3 Å². The standard InChI is InChI=1S/C20H21F3N8O/c1-2-32-12-5-6-14-15-17(28-29-18(15)30-31(14)10-12)16-13(20(21,22)23)9-25-19(27-16)26-11-4-3-7-24-8-11/h5-6,9-11,24H,2-4,7-8H2,1H3,(H,29,30)(H,25,26,27)/t11-/m0/s1. The van der Waals surface area contributed by atoms with Gasteiger partial charge in [-0.3, -0.25) is 5.10 Å². The first kappa shape index (κ1) is 20.5. The molecule has 5 rings (SSSR count). The van der Waals surface area contributed by atoms with Crippen molar-refractivity contribution >= 4 is 22.5 Å².